The van der Waals surface area contributed by atoms with Crippen LogP contribution >= 0.6 is 0 Å². The predicted octanol–water partition coefficient (Wildman–Crippen LogP) is 3.30. The van der Waals surface area contributed by atoms with Gasteiger partial charge in [0.05, 0.1) is 18.1 Å². The molecule has 1 unspecified atom stereocenters. The third-order valence-electron chi connectivity index (χ3n) is 8.09. The Labute approximate surface area is 214 Å². The minimum absolute atomic E-state index is 0.0245. The van der Waals surface area contributed by atoms with Crippen LogP contribution in [0, 0.1) is 11.2 Å². The van der Waals surface area contributed by atoms with Crippen LogP contribution in [0.25, 0.3) is 22.2 Å². The fourth-order valence-corrected chi connectivity index (χ4v) is 5.79. The number of rotatable bonds is 6. The maximum absolute atomic E-state index is 13.6. The second kappa shape index (κ2) is 9.22. The molecule has 3 heterocycles. The molecule has 0 bridgehead atoms. The number of hydrogen-bond acceptors (Lipinski definition) is 6. The molecule has 0 radical (unpaired) electrons. The van der Waals surface area contributed by atoms with Crippen LogP contribution in [0.15, 0.2) is 41.3 Å². The Morgan fingerprint density at radius 1 is 1.22 bits per heavy atom. The summed E-state index contributed by atoms with van der Waals surface area (Å²) >= 11 is 0. The number of carbonyl (C=O) groups is 1. The molecule has 2 aromatic heterocycles. The zero-order chi connectivity index (χ0) is 25.7. The number of morpholine rings is 1. The summed E-state index contributed by atoms with van der Waals surface area (Å²) in [5, 5.41) is 14.5. The quantitative estimate of drug-likeness (QED) is 0.533. The monoisotopic (exact) mass is 506 g/mol. The number of pyridine rings is 2. The predicted molar refractivity (Wildman–Crippen MR) is 137 cm³/mol. The van der Waals surface area contributed by atoms with Crippen LogP contribution in [0.5, 0.6) is 5.75 Å². The number of halogens is 1. The van der Waals surface area contributed by atoms with Gasteiger partial charge in [0.1, 0.15) is 22.8 Å². The lowest BCUT2D eigenvalue weighted by Crippen LogP contribution is -2.47. The largest absolute Gasteiger partial charge is 0.506 e. The number of fused-ring (bicyclic) bond motifs is 1. The van der Waals surface area contributed by atoms with Crippen molar-refractivity contribution in [1.29, 1.82) is 0 Å². The van der Waals surface area contributed by atoms with E-state index in [4.69, 9.17) is 4.74 Å². The van der Waals surface area contributed by atoms with E-state index in [-0.39, 0.29) is 29.3 Å². The van der Waals surface area contributed by atoms with Gasteiger partial charge in [0.25, 0.3) is 11.5 Å². The molecule has 3 aliphatic rings. The zero-order valence-corrected chi connectivity index (χ0v) is 20.9. The molecule has 3 aromatic rings. The smallest absolute Gasteiger partial charge is 0.268 e. The average molecular weight is 507 g/mol. The number of ether oxygens (including phenoxy) is 1. The summed E-state index contributed by atoms with van der Waals surface area (Å²) in [6.07, 6.45) is 5.96. The van der Waals surface area contributed by atoms with Crippen molar-refractivity contribution in [2.24, 2.45) is 5.41 Å². The summed E-state index contributed by atoms with van der Waals surface area (Å²) in [7, 11) is 0. The molecule has 6 rings (SSSR count). The van der Waals surface area contributed by atoms with Gasteiger partial charge in [-0.2, -0.15) is 0 Å². The Kier molecular flexibility index (Phi) is 6.00. The molecule has 1 saturated heterocycles. The van der Waals surface area contributed by atoms with Crippen molar-refractivity contribution >= 4 is 16.9 Å². The number of carbonyl (C=O) groups excluding carboxylic acids is 1. The van der Waals surface area contributed by atoms with E-state index in [2.05, 4.69) is 15.2 Å². The number of amides is 1. The standard InChI is InChI=1S/C28H31FN4O4/c1-17-16-32(10-11-37-17)8-9-33-25-22(12-19(15-30-25)18-2-4-20(29)5-3-18)24(34)23(27(33)36)26(35)31-21-13-28(14-21)6-7-28/h2-5,12,15,17,21,34H,6-11,13-14,16H2,1H3,(H,31,35). The summed E-state index contributed by atoms with van der Waals surface area (Å²) in [6, 6.07) is 7.70. The summed E-state index contributed by atoms with van der Waals surface area (Å²) in [4.78, 5) is 33.7. The first kappa shape index (κ1) is 24.1. The number of hydrogen-bond donors (Lipinski definition) is 2. The van der Waals surface area contributed by atoms with Gasteiger partial charge in [-0.25, -0.2) is 9.37 Å². The van der Waals surface area contributed by atoms with Gasteiger partial charge in [-0.1, -0.05) is 12.1 Å². The first-order valence-electron chi connectivity index (χ1n) is 13.0. The normalized spacial score (nSPS) is 21.2. The van der Waals surface area contributed by atoms with Gasteiger partial charge >= 0.3 is 0 Å². The van der Waals surface area contributed by atoms with Crippen molar-refractivity contribution in [3.05, 3.63) is 58.3 Å². The third kappa shape index (κ3) is 4.62. The minimum Gasteiger partial charge on any atom is -0.506 e. The summed E-state index contributed by atoms with van der Waals surface area (Å²) in [6.45, 7) is 5.06. The average Bonchev–Trinajstić information content (AvgIpc) is 3.65. The second-order valence-corrected chi connectivity index (χ2v) is 10.8. The molecule has 1 aliphatic heterocycles. The molecule has 2 aliphatic carbocycles. The van der Waals surface area contributed by atoms with Gasteiger partial charge in [-0.15, -0.1) is 0 Å². The third-order valence-corrected chi connectivity index (χ3v) is 8.09. The lowest BCUT2D eigenvalue weighted by Gasteiger charge is -2.36. The fraction of sp³-hybridized carbons (Fsp3) is 0.464. The summed E-state index contributed by atoms with van der Waals surface area (Å²) < 4.78 is 20.6. The molecular formula is C28H31FN4O4. The van der Waals surface area contributed by atoms with Crippen LogP contribution in [0.3, 0.4) is 0 Å². The lowest BCUT2D eigenvalue weighted by atomic mass is 9.77. The molecule has 1 aromatic carbocycles. The van der Waals surface area contributed by atoms with E-state index in [1.165, 1.54) is 29.5 Å². The number of nitrogens with zero attached hydrogens (tertiary/aromatic N) is 3. The van der Waals surface area contributed by atoms with Gasteiger partial charge in [-0.05, 0) is 61.8 Å². The van der Waals surface area contributed by atoms with Crippen molar-refractivity contribution in [3.8, 4) is 16.9 Å². The van der Waals surface area contributed by atoms with Crippen molar-refractivity contribution in [2.45, 2.75) is 51.3 Å². The number of benzene rings is 1. The lowest BCUT2D eigenvalue weighted by molar-refractivity contribution is -0.0191. The minimum atomic E-state index is -0.550. The molecule has 2 saturated carbocycles. The second-order valence-electron chi connectivity index (χ2n) is 10.8. The van der Waals surface area contributed by atoms with Gasteiger partial charge in [0.15, 0.2) is 0 Å². The number of nitrogens with one attached hydrogen (secondary N) is 1. The molecule has 3 fully saturated rings. The van der Waals surface area contributed by atoms with Gasteiger partial charge in [0, 0.05) is 44.0 Å². The highest BCUT2D eigenvalue weighted by molar-refractivity contribution is 6.02. The maximum atomic E-state index is 13.6. The van der Waals surface area contributed by atoms with Crippen LogP contribution < -0.4 is 10.9 Å². The maximum Gasteiger partial charge on any atom is 0.268 e. The topological polar surface area (TPSA) is 96.7 Å². The highest BCUT2D eigenvalue weighted by Crippen LogP contribution is 2.60. The van der Waals surface area contributed by atoms with E-state index in [1.54, 1.807) is 24.4 Å². The van der Waals surface area contributed by atoms with E-state index in [0.717, 1.165) is 25.9 Å². The molecule has 1 atom stereocenters. The van der Waals surface area contributed by atoms with E-state index < -0.39 is 11.5 Å². The first-order chi connectivity index (χ1) is 17.8. The van der Waals surface area contributed by atoms with Crippen LogP contribution in [-0.4, -0.2) is 63.9 Å². The molecule has 194 valence electrons. The van der Waals surface area contributed by atoms with Gasteiger partial charge < -0.3 is 15.2 Å². The Hall–Kier alpha value is -3.30. The fourth-order valence-electron chi connectivity index (χ4n) is 5.79. The van der Waals surface area contributed by atoms with Gasteiger partial charge in [0.2, 0.25) is 0 Å². The molecule has 2 N–H and O–H groups in total. The molecular weight excluding hydrogens is 475 g/mol. The van der Waals surface area contributed by atoms with Crippen molar-refractivity contribution < 1.29 is 19.0 Å². The molecule has 8 nitrogen and oxygen atoms in total. The highest BCUT2D eigenvalue weighted by Gasteiger charge is 2.53. The van der Waals surface area contributed by atoms with Crippen LogP contribution in [0.1, 0.15) is 43.0 Å². The highest BCUT2D eigenvalue weighted by atomic mass is 19.1. The Morgan fingerprint density at radius 2 is 1.97 bits per heavy atom. The van der Waals surface area contributed by atoms with E-state index in [9.17, 15) is 19.1 Å². The van der Waals surface area contributed by atoms with E-state index >= 15 is 0 Å². The first-order valence-corrected chi connectivity index (χ1v) is 13.0. The molecule has 37 heavy (non-hydrogen) atoms. The molecule has 9 heteroatoms. The van der Waals surface area contributed by atoms with Crippen molar-refractivity contribution in [1.82, 2.24) is 19.8 Å². The number of aromatic nitrogens is 2. The van der Waals surface area contributed by atoms with E-state index in [1.807, 2.05) is 6.92 Å². The Bertz CT molecular complexity index is 1410. The molecule has 1 amide bonds. The van der Waals surface area contributed by atoms with Crippen LogP contribution in [0.4, 0.5) is 4.39 Å². The van der Waals surface area contributed by atoms with Crippen LogP contribution in [-0.2, 0) is 11.3 Å². The van der Waals surface area contributed by atoms with E-state index in [0.29, 0.717) is 47.3 Å². The van der Waals surface area contributed by atoms with Crippen LogP contribution in [0.2, 0.25) is 0 Å². The Morgan fingerprint density at radius 3 is 2.68 bits per heavy atom. The molecule has 1 spiro atoms. The van der Waals surface area contributed by atoms with Crippen molar-refractivity contribution in [3.63, 3.8) is 0 Å². The number of aromatic hydroxyl groups is 1. The Balaban J connectivity index is 1.38. The van der Waals surface area contributed by atoms with Crippen molar-refractivity contribution in [2.75, 3.05) is 26.2 Å². The van der Waals surface area contributed by atoms with Gasteiger partial charge in [-0.3, -0.25) is 19.1 Å². The SMILES string of the molecule is CC1CN(CCn2c(=O)c(C(=O)NC3CC4(CC4)C3)c(O)c3cc(-c4ccc(F)cc4)cnc32)CCO1. The zero-order valence-electron chi connectivity index (χ0n) is 20.9. The summed E-state index contributed by atoms with van der Waals surface area (Å²) in [5.41, 5.74) is 1.27. The summed E-state index contributed by atoms with van der Waals surface area (Å²) in [5.74, 6) is -1.27.